The van der Waals surface area contributed by atoms with Gasteiger partial charge in [-0.05, 0) is 44.9 Å². The van der Waals surface area contributed by atoms with Gasteiger partial charge in [0.2, 0.25) is 0 Å². The summed E-state index contributed by atoms with van der Waals surface area (Å²) in [7, 11) is 0. The molecule has 116 valence electrons. The van der Waals surface area contributed by atoms with Crippen molar-refractivity contribution in [3.63, 3.8) is 0 Å². The normalized spacial score (nSPS) is 11.0. The molecule has 0 radical (unpaired) electrons. The summed E-state index contributed by atoms with van der Waals surface area (Å²) in [6.07, 6.45) is 21.3. The molecule has 0 aliphatic heterocycles. The maximum absolute atomic E-state index is 10.3. The van der Waals surface area contributed by atoms with Crippen LogP contribution in [0.2, 0.25) is 0 Å². The van der Waals surface area contributed by atoms with Gasteiger partial charge in [-0.25, -0.2) is 0 Å². The Morgan fingerprint density at radius 3 is 1.75 bits per heavy atom. The number of carboxylic acid groups (broad SMARTS) is 1. The molecule has 0 fully saturated rings. The van der Waals surface area contributed by atoms with Gasteiger partial charge in [-0.15, -0.1) is 6.58 Å². The SMILES string of the molecule is C=CCCCCCC=CCCCCCCCCC(=O)O. The molecule has 0 rings (SSSR count). The zero-order valence-corrected chi connectivity index (χ0v) is 13.0. The van der Waals surface area contributed by atoms with E-state index < -0.39 is 5.97 Å². The molecule has 1 N–H and O–H groups in total. The van der Waals surface area contributed by atoms with E-state index >= 15 is 0 Å². The highest BCUT2D eigenvalue weighted by molar-refractivity contribution is 5.66. The van der Waals surface area contributed by atoms with E-state index in [1.54, 1.807) is 0 Å². The van der Waals surface area contributed by atoms with Crippen LogP contribution in [-0.4, -0.2) is 11.1 Å². The summed E-state index contributed by atoms with van der Waals surface area (Å²) in [5, 5.41) is 8.51. The zero-order chi connectivity index (χ0) is 14.9. The number of rotatable bonds is 15. The highest BCUT2D eigenvalue weighted by Gasteiger charge is 1.96. The molecule has 0 aliphatic rings. The molecule has 0 saturated carbocycles. The minimum atomic E-state index is -0.667. The van der Waals surface area contributed by atoms with Gasteiger partial charge >= 0.3 is 5.97 Å². The van der Waals surface area contributed by atoms with Crippen molar-refractivity contribution < 1.29 is 9.90 Å². The van der Waals surface area contributed by atoms with E-state index in [0.29, 0.717) is 6.42 Å². The van der Waals surface area contributed by atoms with Crippen molar-refractivity contribution in [2.45, 2.75) is 83.5 Å². The van der Waals surface area contributed by atoms with E-state index in [1.807, 2.05) is 6.08 Å². The number of hydrogen-bond acceptors (Lipinski definition) is 1. The minimum absolute atomic E-state index is 0.329. The van der Waals surface area contributed by atoms with Gasteiger partial charge in [0, 0.05) is 6.42 Å². The second-order valence-corrected chi connectivity index (χ2v) is 5.45. The van der Waals surface area contributed by atoms with Crippen molar-refractivity contribution in [1.29, 1.82) is 0 Å². The van der Waals surface area contributed by atoms with Crippen molar-refractivity contribution in [2.75, 3.05) is 0 Å². The van der Waals surface area contributed by atoms with Gasteiger partial charge < -0.3 is 5.11 Å². The molecular weight excluding hydrogens is 248 g/mol. The summed E-state index contributed by atoms with van der Waals surface area (Å²) in [5.74, 6) is -0.667. The number of unbranched alkanes of at least 4 members (excludes halogenated alkanes) is 10. The molecule has 20 heavy (non-hydrogen) atoms. The summed E-state index contributed by atoms with van der Waals surface area (Å²) in [5.41, 5.74) is 0. The topological polar surface area (TPSA) is 37.3 Å². The van der Waals surface area contributed by atoms with Crippen molar-refractivity contribution in [3.8, 4) is 0 Å². The lowest BCUT2D eigenvalue weighted by Gasteiger charge is -1.99. The quantitative estimate of drug-likeness (QED) is 0.300. The number of allylic oxidation sites excluding steroid dienone is 3. The van der Waals surface area contributed by atoms with E-state index in [2.05, 4.69) is 18.7 Å². The Kier molecular flexibility index (Phi) is 15.2. The Labute approximate surface area is 125 Å². The number of aliphatic carboxylic acids is 1. The van der Waals surface area contributed by atoms with Crippen LogP contribution in [0.5, 0.6) is 0 Å². The molecule has 0 heterocycles. The first-order chi connectivity index (χ1) is 9.77. The van der Waals surface area contributed by atoms with E-state index in [-0.39, 0.29) is 0 Å². The lowest BCUT2D eigenvalue weighted by Crippen LogP contribution is -1.93. The maximum Gasteiger partial charge on any atom is 0.303 e. The second kappa shape index (κ2) is 16.0. The summed E-state index contributed by atoms with van der Waals surface area (Å²) in [6.45, 7) is 3.73. The molecule has 2 heteroatoms. The monoisotopic (exact) mass is 280 g/mol. The number of hydrogen-bond donors (Lipinski definition) is 1. The van der Waals surface area contributed by atoms with Crippen LogP contribution >= 0.6 is 0 Å². The van der Waals surface area contributed by atoms with Crippen LogP contribution in [0.15, 0.2) is 24.8 Å². The molecule has 0 unspecified atom stereocenters. The summed E-state index contributed by atoms with van der Waals surface area (Å²) >= 11 is 0. The van der Waals surface area contributed by atoms with Crippen LogP contribution in [0.25, 0.3) is 0 Å². The van der Waals surface area contributed by atoms with E-state index in [4.69, 9.17) is 5.11 Å². The molecule has 0 aromatic carbocycles. The van der Waals surface area contributed by atoms with Crippen LogP contribution in [0.3, 0.4) is 0 Å². The van der Waals surface area contributed by atoms with Crippen LogP contribution in [0, 0.1) is 0 Å². The fraction of sp³-hybridized carbons (Fsp3) is 0.722. The Balaban J connectivity index is 3.08. The van der Waals surface area contributed by atoms with Crippen LogP contribution in [0.1, 0.15) is 83.5 Å². The standard InChI is InChI=1S/C18H32O2/c1-2-3-4-5-6-7-8-9-10-11-12-13-14-15-16-17-18(19)20/h2,8-9H,1,3-7,10-17H2,(H,19,20). The summed E-state index contributed by atoms with van der Waals surface area (Å²) in [4.78, 5) is 10.3. The number of carboxylic acids is 1. The van der Waals surface area contributed by atoms with Gasteiger partial charge in [-0.1, -0.05) is 50.3 Å². The Hall–Kier alpha value is -1.05. The molecule has 0 saturated heterocycles. The average molecular weight is 280 g/mol. The lowest BCUT2D eigenvalue weighted by atomic mass is 10.1. The van der Waals surface area contributed by atoms with Gasteiger partial charge in [-0.2, -0.15) is 0 Å². The molecule has 0 bridgehead atoms. The van der Waals surface area contributed by atoms with Crippen molar-refractivity contribution >= 4 is 5.97 Å². The second-order valence-electron chi connectivity index (χ2n) is 5.45. The smallest absolute Gasteiger partial charge is 0.303 e. The fourth-order valence-corrected chi connectivity index (χ4v) is 2.21. The fourth-order valence-electron chi connectivity index (χ4n) is 2.21. The Morgan fingerprint density at radius 2 is 1.20 bits per heavy atom. The lowest BCUT2D eigenvalue weighted by molar-refractivity contribution is -0.137. The van der Waals surface area contributed by atoms with Crippen molar-refractivity contribution in [1.82, 2.24) is 0 Å². The molecule has 2 nitrogen and oxygen atoms in total. The largest absolute Gasteiger partial charge is 0.481 e. The third-order valence-corrected chi connectivity index (χ3v) is 3.46. The van der Waals surface area contributed by atoms with Gasteiger partial charge in [0.15, 0.2) is 0 Å². The van der Waals surface area contributed by atoms with Gasteiger partial charge in [0.25, 0.3) is 0 Å². The van der Waals surface area contributed by atoms with Crippen LogP contribution in [0.4, 0.5) is 0 Å². The molecule has 0 amide bonds. The minimum Gasteiger partial charge on any atom is -0.481 e. The number of carbonyl (C=O) groups is 1. The van der Waals surface area contributed by atoms with Gasteiger partial charge in [-0.3, -0.25) is 4.79 Å². The zero-order valence-electron chi connectivity index (χ0n) is 13.0. The average Bonchev–Trinajstić information content (AvgIpc) is 2.43. The summed E-state index contributed by atoms with van der Waals surface area (Å²) < 4.78 is 0. The van der Waals surface area contributed by atoms with Crippen molar-refractivity contribution in [3.05, 3.63) is 24.8 Å². The molecule has 0 aliphatic carbocycles. The molecule has 0 atom stereocenters. The highest BCUT2D eigenvalue weighted by atomic mass is 16.4. The Morgan fingerprint density at radius 1 is 0.750 bits per heavy atom. The molecule has 0 aromatic rings. The highest BCUT2D eigenvalue weighted by Crippen LogP contribution is 2.09. The third-order valence-electron chi connectivity index (χ3n) is 3.46. The van der Waals surface area contributed by atoms with E-state index in [1.165, 1.54) is 57.8 Å². The Bertz CT molecular complexity index is 256. The predicted octanol–water partition coefficient (Wildman–Crippen LogP) is 5.88. The van der Waals surface area contributed by atoms with Crippen LogP contribution in [-0.2, 0) is 4.79 Å². The van der Waals surface area contributed by atoms with Crippen LogP contribution < -0.4 is 0 Å². The maximum atomic E-state index is 10.3. The predicted molar refractivity (Wildman–Crippen MR) is 87.0 cm³/mol. The first-order valence-corrected chi connectivity index (χ1v) is 8.25. The van der Waals surface area contributed by atoms with E-state index in [0.717, 1.165) is 19.3 Å². The molecule has 0 spiro atoms. The summed E-state index contributed by atoms with van der Waals surface area (Å²) in [6, 6.07) is 0. The van der Waals surface area contributed by atoms with E-state index in [9.17, 15) is 4.79 Å². The van der Waals surface area contributed by atoms with Gasteiger partial charge in [0.1, 0.15) is 0 Å². The third kappa shape index (κ3) is 16.9. The van der Waals surface area contributed by atoms with Crippen molar-refractivity contribution in [2.24, 2.45) is 0 Å². The molecule has 0 aromatic heterocycles. The first-order valence-electron chi connectivity index (χ1n) is 8.25. The molecular formula is C18H32O2. The van der Waals surface area contributed by atoms with Gasteiger partial charge in [0.05, 0.1) is 0 Å². The first kappa shape index (κ1) is 18.9.